The van der Waals surface area contributed by atoms with E-state index in [-0.39, 0.29) is 5.91 Å². The van der Waals surface area contributed by atoms with E-state index in [0.29, 0.717) is 12.0 Å². The van der Waals surface area contributed by atoms with Gasteiger partial charge in [0.25, 0.3) is 5.91 Å². The van der Waals surface area contributed by atoms with Gasteiger partial charge in [0.2, 0.25) is 5.95 Å². The number of nitrogens with one attached hydrogen (secondary N) is 1. The third kappa shape index (κ3) is 4.90. The van der Waals surface area contributed by atoms with Crippen molar-refractivity contribution in [2.75, 3.05) is 31.5 Å². The Labute approximate surface area is 223 Å². The van der Waals surface area contributed by atoms with Crippen LogP contribution in [-0.4, -0.2) is 57.9 Å². The van der Waals surface area contributed by atoms with Gasteiger partial charge in [-0.2, -0.15) is 0 Å². The number of carbonyl (C=O) groups excluding carboxylic acids is 1. The zero-order chi connectivity index (χ0) is 24.5. The number of carbonyl (C=O) groups is 1. The molecule has 2 fully saturated rings. The van der Waals surface area contributed by atoms with E-state index in [1.807, 2.05) is 35.2 Å². The van der Waals surface area contributed by atoms with Crippen molar-refractivity contribution in [2.24, 2.45) is 0 Å². The molecule has 2 aliphatic heterocycles. The number of nitrogens with zero attached hydrogens (tertiary/aromatic N) is 4. The van der Waals surface area contributed by atoms with Gasteiger partial charge in [0.15, 0.2) is 0 Å². The Morgan fingerprint density at radius 1 is 1.00 bits per heavy atom. The third-order valence-corrected chi connectivity index (χ3v) is 8.90. The Hall–Kier alpha value is -2.81. The quantitative estimate of drug-likeness (QED) is 0.298. The van der Waals surface area contributed by atoms with Crippen LogP contribution in [0.2, 0.25) is 0 Å². The van der Waals surface area contributed by atoms with Crippen LogP contribution in [0, 0.1) is 0 Å². The van der Waals surface area contributed by atoms with Gasteiger partial charge in [-0.25, -0.2) is 9.97 Å². The maximum absolute atomic E-state index is 13.1. The van der Waals surface area contributed by atoms with Gasteiger partial charge in [0, 0.05) is 41.3 Å². The number of aromatic nitrogens is 2. The highest BCUT2D eigenvalue weighted by molar-refractivity contribution is 9.10. The molecule has 2 saturated heterocycles. The summed E-state index contributed by atoms with van der Waals surface area (Å²) in [6, 6.07) is 18.8. The molecule has 1 N–H and O–H groups in total. The van der Waals surface area contributed by atoms with E-state index in [1.165, 1.54) is 36.0 Å². The summed E-state index contributed by atoms with van der Waals surface area (Å²) >= 11 is 5.32. The molecule has 1 amide bonds. The molecule has 4 aromatic rings. The second-order valence-corrected chi connectivity index (χ2v) is 11.4. The maximum atomic E-state index is 13.1. The van der Waals surface area contributed by atoms with E-state index >= 15 is 0 Å². The fourth-order valence-corrected chi connectivity index (χ4v) is 6.85. The molecule has 184 valence electrons. The first-order chi connectivity index (χ1) is 17.6. The molecule has 2 aromatic heterocycles. The second-order valence-electron chi connectivity index (χ2n) is 9.51. The molecule has 6 nitrogen and oxygen atoms in total. The number of amides is 1. The highest BCUT2D eigenvalue weighted by Gasteiger charge is 2.28. The van der Waals surface area contributed by atoms with Crippen LogP contribution in [0.25, 0.3) is 20.7 Å². The van der Waals surface area contributed by atoms with Gasteiger partial charge in [0.05, 0.1) is 9.35 Å². The molecule has 0 atom stereocenters. The first-order valence-corrected chi connectivity index (χ1v) is 14.2. The SMILES string of the molecule is O=C(c1ccc(Nc2ncc(Br)c(-c3cc4ccccc4s3)n2)cc1)N1CCC(N2CCCC2)CC1. The summed E-state index contributed by atoms with van der Waals surface area (Å²) in [5, 5.41) is 4.50. The largest absolute Gasteiger partial charge is 0.339 e. The van der Waals surface area contributed by atoms with Gasteiger partial charge in [-0.1, -0.05) is 18.2 Å². The summed E-state index contributed by atoms with van der Waals surface area (Å²) in [5.74, 6) is 0.641. The summed E-state index contributed by atoms with van der Waals surface area (Å²) in [7, 11) is 0. The van der Waals surface area contributed by atoms with Crippen molar-refractivity contribution < 1.29 is 4.79 Å². The predicted molar refractivity (Wildman–Crippen MR) is 150 cm³/mol. The zero-order valence-electron chi connectivity index (χ0n) is 20.0. The number of benzene rings is 2. The normalized spacial score (nSPS) is 17.1. The number of thiophene rings is 1. The average Bonchev–Trinajstić information content (AvgIpc) is 3.60. The zero-order valence-corrected chi connectivity index (χ0v) is 22.4. The highest BCUT2D eigenvalue weighted by Crippen LogP contribution is 2.36. The fourth-order valence-electron chi connectivity index (χ4n) is 5.25. The standard InChI is InChI=1S/C28H28BrN5OS/c29-23-18-30-28(32-26(23)25-17-20-5-1-2-6-24(20)36-25)31-21-9-7-19(8-10-21)27(35)34-15-11-22(12-16-34)33-13-3-4-14-33/h1-2,5-10,17-18,22H,3-4,11-16H2,(H,30,31,32). The van der Waals surface area contributed by atoms with Gasteiger partial charge >= 0.3 is 0 Å². The minimum atomic E-state index is 0.119. The Bertz CT molecular complexity index is 1340. The van der Waals surface area contributed by atoms with Crippen molar-refractivity contribution in [3.63, 3.8) is 0 Å². The van der Waals surface area contributed by atoms with Gasteiger partial charge in [-0.3, -0.25) is 4.79 Å². The number of halogens is 1. The maximum Gasteiger partial charge on any atom is 0.253 e. The Kier molecular flexibility index (Phi) is 6.73. The van der Waals surface area contributed by atoms with Crippen molar-refractivity contribution >= 4 is 54.9 Å². The van der Waals surface area contributed by atoms with Crippen LogP contribution >= 0.6 is 27.3 Å². The number of hydrogen-bond donors (Lipinski definition) is 1. The van der Waals surface area contributed by atoms with Gasteiger partial charge < -0.3 is 15.1 Å². The van der Waals surface area contributed by atoms with Crippen molar-refractivity contribution in [3.8, 4) is 10.6 Å². The molecular formula is C28H28BrN5OS. The highest BCUT2D eigenvalue weighted by atomic mass is 79.9. The molecular weight excluding hydrogens is 534 g/mol. The lowest BCUT2D eigenvalue weighted by molar-refractivity contribution is 0.0644. The number of rotatable bonds is 5. The van der Waals surface area contributed by atoms with Crippen LogP contribution in [0.1, 0.15) is 36.0 Å². The molecule has 0 bridgehead atoms. The molecule has 0 aliphatic carbocycles. The number of fused-ring (bicyclic) bond motifs is 1. The number of piperidine rings is 1. The molecule has 2 aliphatic rings. The molecule has 4 heterocycles. The van der Waals surface area contributed by atoms with Crippen molar-refractivity contribution in [1.29, 1.82) is 0 Å². The Morgan fingerprint density at radius 3 is 2.50 bits per heavy atom. The minimum Gasteiger partial charge on any atom is -0.339 e. The van der Waals surface area contributed by atoms with Crippen molar-refractivity contribution in [1.82, 2.24) is 19.8 Å². The van der Waals surface area contributed by atoms with Gasteiger partial charge in [-0.05, 0) is 96.5 Å². The molecule has 0 saturated carbocycles. The minimum absolute atomic E-state index is 0.119. The van der Waals surface area contributed by atoms with E-state index in [4.69, 9.17) is 4.98 Å². The van der Waals surface area contributed by atoms with E-state index in [1.54, 1.807) is 17.5 Å². The molecule has 6 rings (SSSR count). The molecule has 0 radical (unpaired) electrons. The second kappa shape index (κ2) is 10.3. The molecule has 36 heavy (non-hydrogen) atoms. The monoisotopic (exact) mass is 561 g/mol. The lowest BCUT2D eigenvalue weighted by atomic mass is 10.0. The lowest BCUT2D eigenvalue weighted by Gasteiger charge is -2.36. The van der Waals surface area contributed by atoms with Crippen LogP contribution in [0.15, 0.2) is 65.3 Å². The van der Waals surface area contributed by atoms with Crippen LogP contribution in [0.3, 0.4) is 0 Å². The van der Waals surface area contributed by atoms with Crippen LogP contribution in [0.4, 0.5) is 11.6 Å². The summed E-state index contributed by atoms with van der Waals surface area (Å²) < 4.78 is 2.09. The number of anilines is 2. The number of hydrogen-bond acceptors (Lipinski definition) is 6. The lowest BCUT2D eigenvalue weighted by Crippen LogP contribution is -2.45. The molecule has 8 heteroatoms. The molecule has 0 spiro atoms. The summed E-state index contributed by atoms with van der Waals surface area (Å²) in [6.45, 7) is 4.13. The van der Waals surface area contributed by atoms with E-state index in [2.05, 4.69) is 55.4 Å². The van der Waals surface area contributed by atoms with E-state index < -0.39 is 0 Å². The molecule has 0 unspecified atom stereocenters. The summed E-state index contributed by atoms with van der Waals surface area (Å²) in [5.41, 5.74) is 2.43. The van der Waals surface area contributed by atoms with Gasteiger partial charge in [0.1, 0.15) is 5.69 Å². The van der Waals surface area contributed by atoms with Crippen LogP contribution < -0.4 is 5.32 Å². The molecule has 2 aromatic carbocycles. The smallest absolute Gasteiger partial charge is 0.253 e. The number of likely N-dealkylation sites (tertiary alicyclic amines) is 2. The van der Waals surface area contributed by atoms with Gasteiger partial charge in [-0.15, -0.1) is 11.3 Å². The first-order valence-electron chi connectivity index (χ1n) is 12.6. The summed E-state index contributed by atoms with van der Waals surface area (Å²) in [4.78, 5) is 28.0. The van der Waals surface area contributed by atoms with E-state index in [9.17, 15) is 4.79 Å². The fraction of sp³-hybridized carbons (Fsp3) is 0.321. The Balaban J connectivity index is 1.12. The summed E-state index contributed by atoms with van der Waals surface area (Å²) in [6.07, 6.45) is 6.57. The third-order valence-electron chi connectivity index (χ3n) is 7.20. The van der Waals surface area contributed by atoms with Crippen molar-refractivity contribution in [3.05, 3.63) is 70.8 Å². The van der Waals surface area contributed by atoms with Crippen LogP contribution in [-0.2, 0) is 0 Å². The predicted octanol–water partition coefficient (Wildman–Crippen LogP) is 6.56. The first kappa shape index (κ1) is 23.6. The average molecular weight is 563 g/mol. The van der Waals surface area contributed by atoms with E-state index in [0.717, 1.165) is 52.2 Å². The van der Waals surface area contributed by atoms with Crippen LogP contribution in [0.5, 0.6) is 0 Å². The Morgan fingerprint density at radius 2 is 1.75 bits per heavy atom. The van der Waals surface area contributed by atoms with Crippen molar-refractivity contribution in [2.45, 2.75) is 31.7 Å². The topological polar surface area (TPSA) is 61.4 Å².